The van der Waals surface area contributed by atoms with Crippen LogP contribution in [0, 0.1) is 0 Å². The van der Waals surface area contributed by atoms with Crippen LogP contribution in [0.15, 0.2) is 43.0 Å². The Kier molecular flexibility index (Phi) is 3.72. The van der Waals surface area contributed by atoms with Crippen molar-refractivity contribution in [3.05, 3.63) is 54.4 Å². The summed E-state index contributed by atoms with van der Waals surface area (Å²) in [6.45, 7) is 1.47. The highest BCUT2D eigenvalue weighted by Gasteiger charge is 2.27. The molecule has 0 spiro atoms. The summed E-state index contributed by atoms with van der Waals surface area (Å²) < 4.78 is 2.04. The van der Waals surface area contributed by atoms with Crippen LogP contribution < -0.4 is 0 Å². The Morgan fingerprint density at radius 3 is 2.83 bits per heavy atom. The summed E-state index contributed by atoms with van der Waals surface area (Å²) >= 11 is 0. The molecule has 1 aliphatic rings. The van der Waals surface area contributed by atoms with Crippen molar-refractivity contribution in [1.82, 2.24) is 24.4 Å². The first-order valence-electron chi connectivity index (χ1n) is 8.19. The molecule has 1 fully saturated rings. The molecule has 0 bridgehead atoms. The average molecular weight is 321 g/mol. The number of nitrogens with zero attached hydrogens (tertiary/aromatic N) is 5. The summed E-state index contributed by atoms with van der Waals surface area (Å²) in [5.41, 5.74) is 3.15. The second kappa shape index (κ2) is 6.03. The molecule has 4 rings (SSSR count). The van der Waals surface area contributed by atoms with Gasteiger partial charge in [0, 0.05) is 37.9 Å². The largest absolute Gasteiger partial charge is 0.337 e. The molecule has 2 aromatic heterocycles. The highest BCUT2D eigenvalue weighted by atomic mass is 16.2. The van der Waals surface area contributed by atoms with E-state index in [2.05, 4.69) is 15.0 Å². The molecule has 0 N–H and O–H groups in total. The highest BCUT2D eigenvalue weighted by molar-refractivity contribution is 5.93. The molecule has 3 aromatic rings. The molecule has 1 saturated heterocycles. The van der Waals surface area contributed by atoms with Gasteiger partial charge in [-0.05, 0) is 25.0 Å². The maximum Gasteiger partial charge on any atom is 0.274 e. The lowest BCUT2D eigenvalue weighted by atomic mass is 9.95. The molecule has 0 radical (unpaired) electrons. The smallest absolute Gasteiger partial charge is 0.274 e. The Labute approximate surface area is 140 Å². The number of benzene rings is 1. The number of carbonyl (C=O) groups excluding carboxylic acids is 1. The SMILES string of the molecule is Cn1cncc1C1CCCN(C(=O)c2cnc3ccccc3n2)C1. The Bertz CT molecular complexity index is 888. The molecule has 1 amide bonds. The van der Waals surface area contributed by atoms with Crippen LogP contribution in [0.5, 0.6) is 0 Å². The lowest BCUT2D eigenvalue weighted by molar-refractivity contribution is 0.0699. The lowest BCUT2D eigenvalue weighted by Crippen LogP contribution is -2.39. The first kappa shape index (κ1) is 14.8. The number of aromatic nitrogens is 4. The molecular formula is C18H19N5O. The molecular weight excluding hydrogens is 302 g/mol. The number of amides is 1. The first-order chi connectivity index (χ1) is 11.7. The fourth-order valence-electron chi connectivity index (χ4n) is 3.39. The zero-order valence-electron chi connectivity index (χ0n) is 13.6. The van der Waals surface area contributed by atoms with Crippen LogP contribution in [0.3, 0.4) is 0 Å². The van der Waals surface area contributed by atoms with E-state index in [1.165, 1.54) is 5.69 Å². The summed E-state index contributed by atoms with van der Waals surface area (Å²) in [4.78, 5) is 27.8. The summed E-state index contributed by atoms with van der Waals surface area (Å²) in [7, 11) is 2.00. The van der Waals surface area contributed by atoms with E-state index in [1.54, 1.807) is 6.20 Å². The number of piperidine rings is 1. The van der Waals surface area contributed by atoms with E-state index in [9.17, 15) is 4.79 Å². The van der Waals surface area contributed by atoms with Crippen molar-refractivity contribution >= 4 is 16.9 Å². The number of fused-ring (bicyclic) bond motifs is 1. The van der Waals surface area contributed by atoms with Gasteiger partial charge in [-0.2, -0.15) is 0 Å². The molecule has 24 heavy (non-hydrogen) atoms. The minimum absolute atomic E-state index is 0.0416. The zero-order chi connectivity index (χ0) is 16.5. The molecule has 3 heterocycles. The molecule has 0 saturated carbocycles. The van der Waals surface area contributed by atoms with E-state index in [1.807, 2.05) is 53.3 Å². The lowest BCUT2D eigenvalue weighted by Gasteiger charge is -2.32. The van der Waals surface area contributed by atoms with Gasteiger partial charge < -0.3 is 9.47 Å². The Hall–Kier alpha value is -2.76. The summed E-state index contributed by atoms with van der Waals surface area (Å²) in [5, 5.41) is 0. The second-order valence-electron chi connectivity index (χ2n) is 6.26. The summed E-state index contributed by atoms with van der Waals surface area (Å²) in [6.07, 6.45) is 7.35. The topological polar surface area (TPSA) is 63.9 Å². The van der Waals surface area contributed by atoms with Crippen LogP contribution in [0.1, 0.15) is 34.9 Å². The van der Waals surface area contributed by atoms with Gasteiger partial charge >= 0.3 is 0 Å². The average Bonchev–Trinajstić information content (AvgIpc) is 3.07. The van der Waals surface area contributed by atoms with Crippen LogP contribution in [-0.2, 0) is 7.05 Å². The van der Waals surface area contributed by atoms with Crippen molar-refractivity contribution in [2.24, 2.45) is 7.05 Å². The summed E-state index contributed by atoms with van der Waals surface area (Å²) in [6, 6.07) is 7.61. The van der Waals surface area contributed by atoms with E-state index in [4.69, 9.17) is 0 Å². The van der Waals surface area contributed by atoms with Crippen molar-refractivity contribution in [2.45, 2.75) is 18.8 Å². The van der Waals surface area contributed by atoms with Gasteiger partial charge in [-0.25, -0.2) is 9.97 Å². The predicted molar refractivity (Wildman–Crippen MR) is 90.6 cm³/mol. The second-order valence-corrected chi connectivity index (χ2v) is 6.26. The molecule has 1 unspecified atom stereocenters. The van der Waals surface area contributed by atoms with Crippen molar-refractivity contribution < 1.29 is 4.79 Å². The van der Waals surface area contributed by atoms with Gasteiger partial charge in [0.25, 0.3) is 5.91 Å². The quantitative estimate of drug-likeness (QED) is 0.727. The zero-order valence-corrected chi connectivity index (χ0v) is 13.6. The summed E-state index contributed by atoms with van der Waals surface area (Å²) in [5.74, 6) is 0.281. The van der Waals surface area contributed by atoms with E-state index >= 15 is 0 Å². The van der Waals surface area contributed by atoms with Crippen molar-refractivity contribution in [3.8, 4) is 0 Å². The minimum Gasteiger partial charge on any atom is -0.337 e. The predicted octanol–water partition coefficient (Wildman–Crippen LogP) is 2.38. The fraction of sp³-hybridized carbons (Fsp3) is 0.333. The van der Waals surface area contributed by atoms with Crippen LogP contribution in [0.2, 0.25) is 0 Å². The maximum absolute atomic E-state index is 12.8. The monoisotopic (exact) mass is 321 g/mol. The number of hydrogen-bond acceptors (Lipinski definition) is 4. The van der Waals surface area contributed by atoms with Gasteiger partial charge in [-0.3, -0.25) is 9.78 Å². The molecule has 1 aromatic carbocycles. The van der Waals surface area contributed by atoms with Crippen LogP contribution in [0.4, 0.5) is 0 Å². The number of hydrogen-bond donors (Lipinski definition) is 0. The first-order valence-corrected chi connectivity index (χ1v) is 8.19. The molecule has 0 aliphatic carbocycles. The Morgan fingerprint density at radius 2 is 2.04 bits per heavy atom. The fourth-order valence-corrected chi connectivity index (χ4v) is 3.39. The Balaban J connectivity index is 1.57. The van der Waals surface area contributed by atoms with Gasteiger partial charge in [0.05, 0.1) is 23.6 Å². The third kappa shape index (κ3) is 2.64. The number of imidazole rings is 1. The van der Waals surface area contributed by atoms with E-state index in [0.29, 0.717) is 18.2 Å². The van der Waals surface area contributed by atoms with Crippen molar-refractivity contribution in [2.75, 3.05) is 13.1 Å². The maximum atomic E-state index is 12.8. The van der Waals surface area contributed by atoms with Crippen LogP contribution >= 0.6 is 0 Å². The van der Waals surface area contributed by atoms with E-state index < -0.39 is 0 Å². The molecule has 1 atom stereocenters. The molecule has 6 nitrogen and oxygen atoms in total. The molecule has 1 aliphatic heterocycles. The van der Waals surface area contributed by atoms with Gasteiger partial charge in [0.2, 0.25) is 0 Å². The Morgan fingerprint density at radius 1 is 1.21 bits per heavy atom. The van der Waals surface area contributed by atoms with Crippen LogP contribution in [-0.4, -0.2) is 43.4 Å². The van der Waals surface area contributed by atoms with E-state index in [-0.39, 0.29) is 5.91 Å². The van der Waals surface area contributed by atoms with Crippen LogP contribution in [0.25, 0.3) is 11.0 Å². The molecule has 6 heteroatoms. The van der Waals surface area contributed by atoms with Gasteiger partial charge in [0.1, 0.15) is 5.69 Å². The van der Waals surface area contributed by atoms with Crippen molar-refractivity contribution in [3.63, 3.8) is 0 Å². The van der Waals surface area contributed by atoms with Crippen molar-refractivity contribution in [1.29, 1.82) is 0 Å². The standard InChI is InChI=1S/C18H19N5O/c1-22-12-19-10-17(22)13-5-4-8-23(11-13)18(24)16-9-20-14-6-2-3-7-15(14)21-16/h2-3,6-7,9-10,12-13H,4-5,8,11H2,1H3. The number of para-hydroxylation sites is 2. The number of aryl methyl sites for hydroxylation is 1. The number of carbonyl (C=O) groups is 1. The highest BCUT2D eigenvalue weighted by Crippen LogP contribution is 2.27. The number of likely N-dealkylation sites (tertiary alicyclic amines) is 1. The molecule has 122 valence electrons. The normalized spacial score (nSPS) is 18.0. The van der Waals surface area contributed by atoms with Gasteiger partial charge in [-0.1, -0.05) is 12.1 Å². The van der Waals surface area contributed by atoms with E-state index in [0.717, 1.165) is 30.4 Å². The number of rotatable bonds is 2. The van der Waals surface area contributed by atoms with Gasteiger partial charge in [0.15, 0.2) is 0 Å². The third-order valence-corrected chi connectivity index (χ3v) is 4.65. The van der Waals surface area contributed by atoms with Gasteiger partial charge in [-0.15, -0.1) is 0 Å². The minimum atomic E-state index is -0.0416. The third-order valence-electron chi connectivity index (χ3n) is 4.65.